The average Bonchev–Trinajstić information content (AvgIpc) is 2.88. The second-order valence-corrected chi connectivity index (χ2v) is 7.59. The zero-order valence-electron chi connectivity index (χ0n) is 13.5. The molecule has 8 heteroatoms. The Morgan fingerprint density at radius 1 is 1.30 bits per heavy atom. The molecule has 0 fully saturated rings. The third-order valence-corrected chi connectivity index (χ3v) is 5.51. The third-order valence-electron chi connectivity index (χ3n) is 3.27. The Balaban J connectivity index is 2.39. The molecule has 2 rings (SSSR count). The van der Waals surface area contributed by atoms with E-state index in [9.17, 15) is 8.42 Å². The Labute approximate surface area is 141 Å². The second kappa shape index (κ2) is 6.90. The van der Waals surface area contributed by atoms with Crippen LogP contribution in [0.4, 0.5) is 0 Å². The molecule has 1 aromatic carbocycles. The number of ether oxygens (including phenoxy) is 1. The number of sulfonamides is 1. The van der Waals surface area contributed by atoms with Crippen LogP contribution >= 0.6 is 11.6 Å². The first-order valence-corrected chi connectivity index (χ1v) is 8.89. The topological polar surface area (TPSA) is 72.6 Å². The first-order valence-electron chi connectivity index (χ1n) is 7.07. The number of aromatic nitrogens is 1. The van der Waals surface area contributed by atoms with Crippen LogP contribution in [0, 0.1) is 13.8 Å². The fourth-order valence-electron chi connectivity index (χ4n) is 2.08. The molecule has 2 aromatic rings. The monoisotopic (exact) mass is 358 g/mol. The van der Waals surface area contributed by atoms with Crippen molar-refractivity contribution in [2.24, 2.45) is 0 Å². The van der Waals surface area contributed by atoms with Crippen LogP contribution in [-0.2, 0) is 16.6 Å². The van der Waals surface area contributed by atoms with Crippen LogP contribution in [0.3, 0.4) is 0 Å². The van der Waals surface area contributed by atoms with Gasteiger partial charge < -0.3 is 9.26 Å². The molecule has 0 saturated carbocycles. The van der Waals surface area contributed by atoms with E-state index in [1.807, 2.05) is 0 Å². The molecule has 0 unspecified atom stereocenters. The van der Waals surface area contributed by atoms with E-state index in [1.54, 1.807) is 32.9 Å². The number of hydrogen-bond acceptors (Lipinski definition) is 5. The lowest BCUT2D eigenvalue weighted by molar-refractivity contribution is 0.329. The largest absolute Gasteiger partial charge is 0.492 e. The summed E-state index contributed by atoms with van der Waals surface area (Å²) in [6, 6.07) is 4.74. The van der Waals surface area contributed by atoms with Crippen molar-refractivity contribution in [3.63, 3.8) is 0 Å². The van der Waals surface area contributed by atoms with Crippen LogP contribution in [-0.4, -0.2) is 31.5 Å². The van der Waals surface area contributed by atoms with Gasteiger partial charge in [0.05, 0.1) is 18.8 Å². The number of aryl methyl sites for hydroxylation is 2. The summed E-state index contributed by atoms with van der Waals surface area (Å²) in [5.41, 5.74) is 1.29. The van der Waals surface area contributed by atoms with Gasteiger partial charge in [-0.15, -0.1) is 0 Å². The van der Waals surface area contributed by atoms with E-state index in [-0.39, 0.29) is 17.2 Å². The van der Waals surface area contributed by atoms with E-state index >= 15 is 0 Å². The van der Waals surface area contributed by atoms with Crippen molar-refractivity contribution in [2.45, 2.75) is 32.2 Å². The van der Waals surface area contributed by atoms with Crippen molar-refractivity contribution in [1.29, 1.82) is 0 Å². The minimum atomic E-state index is -3.78. The highest BCUT2D eigenvalue weighted by atomic mass is 35.5. The van der Waals surface area contributed by atoms with E-state index in [2.05, 4.69) is 5.16 Å². The molecule has 1 aromatic heterocycles. The Morgan fingerprint density at radius 2 is 2.00 bits per heavy atom. The standard InChI is InChI=1S/C15H19ClN2O4S/c1-5-21-14-6-10(2)13(16)8-15(14)23(19,20)18(4)9-12-7-11(3)22-17-12/h6-8H,5,9H2,1-4H3. The van der Waals surface area contributed by atoms with Gasteiger partial charge in [-0.05, 0) is 38.5 Å². The lowest BCUT2D eigenvalue weighted by Crippen LogP contribution is -2.27. The van der Waals surface area contributed by atoms with Gasteiger partial charge in [0.15, 0.2) is 0 Å². The fourth-order valence-corrected chi connectivity index (χ4v) is 3.59. The SMILES string of the molecule is CCOc1cc(C)c(Cl)cc1S(=O)(=O)N(C)Cc1cc(C)on1. The number of rotatable bonds is 6. The van der Waals surface area contributed by atoms with Crippen molar-refractivity contribution in [3.05, 3.63) is 40.2 Å². The van der Waals surface area contributed by atoms with Crippen LogP contribution in [0.15, 0.2) is 27.6 Å². The third kappa shape index (κ3) is 3.85. The number of nitrogens with zero attached hydrogens (tertiary/aromatic N) is 2. The summed E-state index contributed by atoms with van der Waals surface area (Å²) in [6.07, 6.45) is 0. The summed E-state index contributed by atoms with van der Waals surface area (Å²) in [4.78, 5) is 0.0395. The van der Waals surface area contributed by atoms with Crippen LogP contribution in [0.25, 0.3) is 0 Å². The highest BCUT2D eigenvalue weighted by Gasteiger charge is 2.27. The van der Waals surface area contributed by atoms with Gasteiger partial charge in [-0.3, -0.25) is 0 Å². The first kappa shape index (κ1) is 17.8. The van der Waals surface area contributed by atoms with Crippen molar-refractivity contribution < 1.29 is 17.7 Å². The van der Waals surface area contributed by atoms with Crippen molar-refractivity contribution in [3.8, 4) is 5.75 Å². The maximum absolute atomic E-state index is 12.8. The summed E-state index contributed by atoms with van der Waals surface area (Å²) < 4.78 is 37.3. The summed E-state index contributed by atoms with van der Waals surface area (Å²) in [5, 5.41) is 4.19. The minimum absolute atomic E-state index is 0.0395. The van der Waals surface area contributed by atoms with Crippen molar-refractivity contribution in [2.75, 3.05) is 13.7 Å². The van der Waals surface area contributed by atoms with Crippen LogP contribution < -0.4 is 4.74 Å². The van der Waals surface area contributed by atoms with Gasteiger partial charge in [-0.25, -0.2) is 8.42 Å². The van der Waals surface area contributed by atoms with E-state index in [0.717, 1.165) is 5.56 Å². The molecule has 0 spiro atoms. The highest BCUT2D eigenvalue weighted by Crippen LogP contribution is 2.32. The number of hydrogen-bond donors (Lipinski definition) is 0. The maximum Gasteiger partial charge on any atom is 0.246 e. The average molecular weight is 359 g/mol. The molecule has 0 N–H and O–H groups in total. The van der Waals surface area contributed by atoms with Crippen molar-refractivity contribution >= 4 is 21.6 Å². The molecule has 0 bridgehead atoms. The molecule has 0 amide bonds. The van der Waals surface area contributed by atoms with E-state index < -0.39 is 10.0 Å². The molecule has 0 atom stereocenters. The number of halogens is 1. The zero-order valence-corrected chi connectivity index (χ0v) is 15.0. The van der Waals surface area contributed by atoms with Crippen LogP contribution in [0.1, 0.15) is 23.9 Å². The Morgan fingerprint density at radius 3 is 2.57 bits per heavy atom. The summed E-state index contributed by atoms with van der Waals surface area (Å²) >= 11 is 6.09. The molecule has 1 heterocycles. The van der Waals surface area contributed by atoms with Crippen LogP contribution in [0.5, 0.6) is 5.75 Å². The molecule has 0 aliphatic heterocycles. The maximum atomic E-state index is 12.8. The van der Waals surface area contributed by atoms with E-state index in [0.29, 0.717) is 23.1 Å². The van der Waals surface area contributed by atoms with E-state index in [4.69, 9.17) is 20.9 Å². The molecular formula is C15H19ClN2O4S. The van der Waals surface area contributed by atoms with Gasteiger partial charge in [-0.1, -0.05) is 16.8 Å². The Hall–Kier alpha value is -1.57. The summed E-state index contributed by atoms with van der Waals surface area (Å²) in [7, 11) is -2.30. The lowest BCUT2D eigenvalue weighted by Gasteiger charge is -2.19. The highest BCUT2D eigenvalue weighted by molar-refractivity contribution is 7.89. The van der Waals surface area contributed by atoms with Gasteiger partial charge in [0.1, 0.15) is 16.4 Å². The lowest BCUT2D eigenvalue weighted by atomic mass is 10.2. The van der Waals surface area contributed by atoms with Gasteiger partial charge in [0.2, 0.25) is 10.0 Å². The summed E-state index contributed by atoms with van der Waals surface area (Å²) in [6.45, 7) is 5.79. The molecule has 0 radical (unpaired) electrons. The van der Waals surface area contributed by atoms with Crippen molar-refractivity contribution in [1.82, 2.24) is 9.46 Å². The molecule has 23 heavy (non-hydrogen) atoms. The van der Waals surface area contributed by atoms with Gasteiger partial charge in [0.25, 0.3) is 0 Å². The molecule has 0 aliphatic carbocycles. The molecule has 6 nitrogen and oxygen atoms in total. The Kier molecular flexibility index (Phi) is 5.33. The molecular weight excluding hydrogens is 340 g/mol. The normalized spacial score (nSPS) is 11.9. The first-order chi connectivity index (χ1) is 10.8. The Bertz CT molecular complexity index is 802. The second-order valence-electron chi connectivity index (χ2n) is 5.17. The zero-order chi connectivity index (χ0) is 17.2. The molecule has 0 aliphatic rings. The smallest absolute Gasteiger partial charge is 0.246 e. The summed E-state index contributed by atoms with van der Waals surface area (Å²) in [5.74, 6) is 0.914. The predicted octanol–water partition coefficient (Wildman–Crippen LogP) is 3.16. The molecule has 126 valence electrons. The minimum Gasteiger partial charge on any atom is -0.492 e. The quantitative estimate of drug-likeness (QED) is 0.793. The van der Waals surface area contributed by atoms with E-state index in [1.165, 1.54) is 17.4 Å². The van der Waals surface area contributed by atoms with Gasteiger partial charge >= 0.3 is 0 Å². The predicted molar refractivity (Wildman–Crippen MR) is 87.3 cm³/mol. The van der Waals surface area contributed by atoms with Crippen LogP contribution in [0.2, 0.25) is 5.02 Å². The van der Waals surface area contributed by atoms with Gasteiger partial charge in [-0.2, -0.15) is 4.31 Å². The number of benzene rings is 1. The fraction of sp³-hybridized carbons (Fsp3) is 0.400. The molecule has 0 saturated heterocycles. The van der Waals surface area contributed by atoms with Gasteiger partial charge in [0, 0.05) is 18.1 Å².